The molecule has 1 heterocycles. The number of halogens is 3. The van der Waals surface area contributed by atoms with E-state index in [9.17, 15) is 21.6 Å². The molecule has 0 aliphatic carbocycles. The number of benzene rings is 1. The molecular formula is C14H14F3N3O2S. The van der Waals surface area contributed by atoms with Crippen LogP contribution in [-0.2, 0) is 16.2 Å². The predicted octanol–water partition coefficient (Wildman–Crippen LogP) is 2.92. The van der Waals surface area contributed by atoms with E-state index in [4.69, 9.17) is 5.14 Å². The Labute approximate surface area is 131 Å². The fourth-order valence-corrected chi connectivity index (χ4v) is 2.79. The minimum absolute atomic E-state index is 0.0222. The Balaban J connectivity index is 2.41. The number of aromatic nitrogens is 1. The van der Waals surface area contributed by atoms with Crippen LogP contribution in [0.4, 0.5) is 19.0 Å². The van der Waals surface area contributed by atoms with Gasteiger partial charge in [-0.2, -0.15) is 13.2 Å². The van der Waals surface area contributed by atoms with Crippen LogP contribution in [0.5, 0.6) is 0 Å². The molecule has 0 bridgehead atoms. The van der Waals surface area contributed by atoms with Gasteiger partial charge >= 0.3 is 6.18 Å². The summed E-state index contributed by atoms with van der Waals surface area (Å²) in [5.41, 5.74) is -0.820. The van der Waals surface area contributed by atoms with Gasteiger partial charge in [-0.1, -0.05) is 18.2 Å². The number of pyridine rings is 1. The second kappa shape index (κ2) is 6.17. The number of alkyl halides is 3. The van der Waals surface area contributed by atoms with Crippen LogP contribution in [0.2, 0.25) is 0 Å². The first-order chi connectivity index (χ1) is 10.6. The van der Waals surface area contributed by atoms with Crippen LogP contribution in [0.1, 0.15) is 24.1 Å². The SMILES string of the molecule is C[C@@H](Nc1ncccc1S(N)(=O)=O)c1ccccc1C(F)(F)F. The Morgan fingerprint density at radius 1 is 1.17 bits per heavy atom. The number of anilines is 1. The van der Waals surface area contributed by atoms with E-state index < -0.39 is 27.8 Å². The minimum Gasteiger partial charge on any atom is -0.362 e. The number of rotatable bonds is 4. The molecule has 0 aliphatic heterocycles. The number of nitrogens with two attached hydrogens (primary N) is 1. The molecule has 2 rings (SSSR count). The van der Waals surface area contributed by atoms with Gasteiger partial charge in [0.05, 0.1) is 11.6 Å². The van der Waals surface area contributed by atoms with E-state index in [1.807, 2.05) is 0 Å². The van der Waals surface area contributed by atoms with Gasteiger partial charge in [-0.05, 0) is 30.7 Å². The number of primary sulfonamides is 1. The van der Waals surface area contributed by atoms with E-state index >= 15 is 0 Å². The Morgan fingerprint density at radius 2 is 1.83 bits per heavy atom. The van der Waals surface area contributed by atoms with Crippen molar-refractivity contribution in [1.29, 1.82) is 0 Å². The third-order valence-corrected chi connectivity index (χ3v) is 4.11. The van der Waals surface area contributed by atoms with Crippen molar-refractivity contribution in [1.82, 2.24) is 4.98 Å². The molecule has 9 heteroatoms. The summed E-state index contributed by atoms with van der Waals surface area (Å²) >= 11 is 0. The van der Waals surface area contributed by atoms with Gasteiger partial charge in [0.1, 0.15) is 10.7 Å². The van der Waals surface area contributed by atoms with Crippen molar-refractivity contribution < 1.29 is 21.6 Å². The first kappa shape index (κ1) is 17.2. The summed E-state index contributed by atoms with van der Waals surface area (Å²) in [5.74, 6) is -0.0977. The normalized spacial score (nSPS) is 13.6. The monoisotopic (exact) mass is 345 g/mol. The zero-order valence-electron chi connectivity index (χ0n) is 12.0. The van der Waals surface area contributed by atoms with Crippen LogP contribution in [0, 0.1) is 0 Å². The Morgan fingerprint density at radius 3 is 2.43 bits per heavy atom. The summed E-state index contributed by atoms with van der Waals surface area (Å²) < 4.78 is 62.2. The molecule has 0 radical (unpaired) electrons. The van der Waals surface area contributed by atoms with Gasteiger partial charge < -0.3 is 5.32 Å². The Hall–Kier alpha value is -2.13. The summed E-state index contributed by atoms with van der Waals surface area (Å²) in [5, 5.41) is 7.76. The molecule has 0 saturated heterocycles. The average Bonchev–Trinajstić information content (AvgIpc) is 2.46. The van der Waals surface area contributed by atoms with Crippen LogP contribution >= 0.6 is 0 Å². The van der Waals surface area contributed by atoms with Gasteiger partial charge in [-0.25, -0.2) is 18.5 Å². The van der Waals surface area contributed by atoms with Crippen molar-refractivity contribution in [2.24, 2.45) is 5.14 Å². The largest absolute Gasteiger partial charge is 0.416 e. The van der Waals surface area contributed by atoms with Gasteiger partial charge in [0.25, 0.3) is 0 Å². The molecule has 3 N–H and O–H groups in total. The molecule has 1 aromatic heterocycles. The molecule has 23 heavy (non-hydrogen) atoms. The summed E-state index contributed by atoms with van der Waals surface area (Å²) in [4.78, 5) is 3.57. The molecule has 1 aromatic carbocycles. The van der Waals surface area contributed by atoms with Crippen molar-refractivity contribution in [3.05, 3.63) is 53.7 Å². The first-order valence-electron chi connectivity index (χ1n) is 6.51. The Kier molecular flexibility index (Phi) is 4.62. The maximum atomic E-state index is 13.1. The summed E-state index contributed by atoms with van der Waals surface area (Å²) in [7, 11) is -4.05. The zero-order chi connectivity index (χ0) is 17.3. The zero-order valence-corrected chi connectivity index (χ0v) is 12.8. The quantitative estimate of drug-likeness (QED) is 0.892. The molecule has 5 nitrogen and oxygen atoms in total. The maximum absolute atomic E-state index is 13.1. The van der Waals surface area contributed by atoms with Crippen LogP contribution < -0.4 is 10.5 Å². The molecule has 2 aromatic rings. The van der Waals surface area contributed by atoms with Crippen molar-refractivity contribution in [2.45, 2.75) is 24.0 Å². The predicted molar refractivity (Wildman–Crippen MR) is 79.1 cm³/mol. The van der Waals surface area contributed by atoms with E-state index in [0.717, 1.165) is 6.07 Å². The molecule has 1 atom stereocenters. The lowest BCUT2D eigenvalue weighted by Crippen LogP contribution is -2.19. The fourth-order valence-electron chi connectivity index (χ4n) is 2.14. The van der Waals surface area contributed by atoms with E-state index in [0.29, 0.717) is 0 Å². The highest BCUT2D eigenvalue weighted by Gasteiger charge is 2.34. The molecule has 124 valence electrons. The van der Waals surface area contributed by atoms with Gasteiger partial charge in [-0.3, -0.25) is 0 Å². The smallest absolute Gasteiger partial charge is 0.362 e. The van der Waals surface area contributed by atoms with Crippen LogP contribution in [0.25, 0.3) is 0 Å². The third-order valence-electron chi connectivity index (χ3n) is 3.16. The number of nitrogens with zero attached hydrogens (tertiary/aromatic N) is 1. The molecular weight excluding hydrogens is 331 g/mol. The van der Waals surface area contributed by atoms with Crippen molar-refractivity contribution in [2.75, 3.05) is 5.32 Å². The summed E-state index contributed by atoms with van der Waals surface area (Å²) in [6.45, 7) is 1.48. The number of nitrogens with one attached hydrogen (secondary N) is 1. The number of hydrogen-bond donors (Lipinski definition) is 2. The minimum atomic E-state index is -4.51. The van der Waals surface area contributed by atoms with E-state index in [1.165, 1.54) is 43.5 Å². The van der Waals surface area contributed by atoms with Crippen molar-refractivity contribution in [3.63, 3.8) is 0 Å². The lowest BCUT2D eigenvalue weighted by Gasteiger charge is -2.20. The van der Waals surface area contributed by atoms with Crippen LogP contribution in [0.15, 0.2) is 47.5 Å². The second-order valence-corrected chi connectivity index (χ2v) is 6.38. The van der Waals surface area contributed by atoms with Crippen LogP contribution in [0.3, 0.4) is 0 Å². The highest BCUT2D eigenvalue weighted by molar-refractivity contribution is 7.89. The molecule has 0 aliphatic rings. The number of sulfonamides is 1. The second-order valence-electron chi connectivity index (χ2n) is 4.85. The highest BCUT2D eigenvalue weighted by atomic mass is 32.2. The topological polar surface area (TPSA) is 85.1 Å². The lowest BCUT2D eigenvalue weighted by atomic mass is 10.0. The summed E-state index contributed by atoms with van der Waals surface area (Å²) in [6, 6.07) is 6.82. The van der Waals surface area contributed by atoms with Gasteiger partial charge in [0, 0.05) is 6.20 Å². The average molecular weight is 345 g/mol. The molecule has 0 unspecified atom stereocenters. The molecule has 0 amide bonds. The standard InChI is InChI=1S/C14H14F3N3O2S/c1-9(10-5-2-3-6-11(10)14(15,16)17)20-13-12(23(18,21)22)7-4-8-19-13/h2-9H,1H3,(H,19,20)(H2,18,21,22)/t9-/m1/s1. The van der Waals surface area contributed by atoms with Crippen molar-refractivity contribution in [3.8, 4) is 0 Å². The third kappa shape index (κ3) is 3.99. The number of hydrogen-bond acceptors (Lipinski definition) is 4. The van der Waals surface area contributed by atoms with E-state index in [2.05, 4.69) is 10.3 Å². The molecule has 0 saturated carbocycles. The Bertz CT molecular complexity index is 807. The van der Waals surface area contributed by atoms with Crippen molar-refractivity contribution >= 4 is 15.8 Å². The van der Waals surface area contributed by atoms with E-state index in [1.54, 1.807) is 0 Å². The lowest BCUT2D eigenvalue weighted by molar-refractivity contribution is -0.138. The van der Waals surface area contributed by atoms with E-state index in [-0.39, 0.29) is 16.3 Å². The molecule has 0 fully saturated rings. The van der Waals surface area contributed by atoms with Crippen LogP contribution in [-0.4, -0.2) is 13.4 Å². The highest BCUT2D eigenvalue weighted by Crippen LogP contribution is 2.35. The molecule has 0 spiro atoms. The summed E-state index contributed by atoms with van der Waals surface area (Å²) in [6.07, 6.45) is -3.20. The fraction of sp³-hybridized carbons (Fsp3) is 0.214. The van der Waals surface area contributed by atoms with Gasteiger partial charge in [0.15, 0.2) is 0 Å². The first-order valence-corrected chi connectivity index (χ1v) is 8.06. The maximum Gasteiger partial charge on any atom is 0.416 e. The van der Waals surface area contributed by atoms with Gasteiger partial charge in [-0.15, -0.1) is 0 Å². The van der Waals surface area contributed by atoms with Gasteiger partial charge in [0.2, 0.25) is 10.0 Å².